The van der Waals surface area contributed by atoms with Crippen molar-refractivity contribution in [3.63, 3.8) is 0 Å². The number of hydrogen-bond donors (Lipinski definition) is 2. The zero-order chi connectivity index (χ0) is 9.56. The van der Waals surface area contributed by atoms with Gasteiger partial charge in [-0.05, 0) is 25.0 Å². The molecule has 0 aliphatic carbocycles. The first-order valence-corrected chi connectivity index (χ1v) is 3.98. The van der Waals surface area contributed by atoms with Crippen molar-refractivity contribution in [3.05, 3.63) is 36.0 Å². The molecule has 0 radical (unpaired) electrons. The minimum atomic E-state index is -1.38. The van der Waals surface area contributed by atoms with Gasteiger partial charge in [-0.25, -0.2) is 0 Å². The van der Waals surface area contributed by atoms with Crippen molar-refractivity contribution in [2.75, 3.05) is 0 Å². The highest BCUT2D eigenvalue weighted by Gasteiger charge is 1.93. The Kier molecular flexibility index (Phi) is 5.34. The maximum atomic E-state index is 8.56. The van der Waals surface area contributed by atoms with Crippen LogP contribution in [0.25, 0.3) is 0 Å². The lowest BCUT2D eigenvalue weighted by Crippen LogP contribution is -1.97. The monoisotopic (exact) mass is 168 g/mol. The maximum Gasteiger partial charge on any atom is 0.171 e. The Morgan fingerprint density at radius 1 is 1.50 bits per heavy atom. The van der Waals surface area contributed by atoms with E-state index in [4.69, 9.17) is 10.2 Å². The molecular formula is C10H16O2. The van der Waals surface area contributed by atoms with Crippen LogP contribution in [0.15, 0.2) is 36.0 Å². The average molecular weight is 168 g/mol. The maximum absolute atomic E-state index is 8.56. The molecule has 0 saturated heterocycles. The third kappa shape index (κ3) is 4.11. The summed E-state index contributed by atoms with van der Waals surface area (Å²) in [5.74, 6) is 0. The molecule has 0 aromatic heterocycles. The highest BCUT2D eigenvalue weighted by atomic mass is 16.5. The van der Waals surface area contributed by atoms with E-state index in [1.54, 1.807) is 12.2 Å². The molecule has 0 atom stereocenters. The molecule has 0 saturated carbocycles. The third-order valence-corrected chi connectivity index (χ3v) is 1.69. The molecule has 0 aromatic rings. The van der Waals surface area contributed by atoms with Crippen LogP contribution in [0.3, 0.4) is 0 Å². The molecule has 2 nitrogen and oxygen atoms in total. The predicted molar refractivity (Wildman–Crippen MR) is 50.6 cm³/mol. The second kappa shape index (κ2) is 5.75. The summed E-state index contributed by atoms with van der Waals surface area (Å²) in [6, 6.07) is 0. The molecule has 0 amide bonds. The summed E-state index contributed by atoms with van der Waals surface area (Å²) >= 11 is 0. The summed E-state index contributed by atoms with van der Waals surface area (Å²) < 4.78 is 0. The van der Waals surface area contributed by atoms with Crippen LogP contribution in [-0.2, 0) is 0 Å². The highest BCUT2D eigenvalue weighted by molar-refractivity contribution is 5.33. The molecule has 0 aromatic carbocycles. The Balaban J connectivity index is 4.47. The van der Waals surface area contributed by atoms with Crippen LogP contribution in [0, 0.1) is 0 Å². The van der Waals surface area contributed by atoms with E-state index in [2.05, 4.69) is 6.58 Å². The summed E-state index contributed by atoms with van der Waals surface area (Å²) in [5.41, 5.74) is 2.13. The fourth-order valence-electron chi connectivity index (χ4n) is 0.778. The summed E-state index contributed by atoms with van der Waals surface area (Å²) in [6.07, 6.45) is 4.24. The minimum absolute atomic E-state index is 0.938. The topological polar surface area (TPSA) is 40.5 Å². The van der Waals surface area contributed by atoms with Gasteiger partial charge in [0.15, 0.2) is 6.29 Å². The molecule has 0 bridgehead atoms. The van der Waals surface area contributed by atoms with E-state index in [0.717, 1.165) is 12.0 Å². The molecule has 0 aliphatic heterocycles. The summed E-state index contributed by atoms with van der Waals surface area (Å²) in [7, 11) is 0. The van der Waals surface area contributed by atoms with Crippen molar-refractivity contribution in [2.45, 2.75) is 26.6 Å². The molecular weight excluding hydrogens is 152 g/mol. The standard InChI is InChI=1S/C10H16O2/c1-4-8(3)9(5-2)6-7-10(11)12/h5-7,10-12H,2,4H2,1,3H3/b7-6+,9-8+. The molecule has 0 spiro atoms. The van der Waals surface area contributed by atoms with E-state index in [9.17, 15) is 0 Å². The fourth-order valence-corrected chi connectivity index (χ4v) is 0.778. The van der Waals surface area contributed by atoms with Crippen LogP contribution < -0.4 is 0 Å². The normalized spacial score (nSPS) is 13.8. The van der Waals surface area contributed by atoms with Crippen molar-refractivity contribution in [2.24, 2.45) is 0 Å². The lowest BCUT2D eigenvalue weighted by Gasteiger charge is -2.00. The molecule has 2 N–H and O–H groups in total. The van der Waals surface area contributed by atoms with Gasteiger partial charge in [0, 0.05) is 0 Å². The third-order valence-electron chi connectivity index (χ3n) is 1.69. The highest BCUT2D eigenvalue weighted by Crippen LogP contribution is 2.10. The molecule has 0 unspecified atom stereocenters. The molecule has 68 valence electrons. The Labute approximate surface area is 73.5 Å². The molecule has 0 aliphatic rings. The SMILES string of the molecule is C=CC(/C=C/C(O)O)=C(/C)CC. The fraction of sp³-hybridized carbons (Fsp3) is 0.400. The van der Waals surface area contributed by atoms with E-state index in [-0.39, 0.29) is 0 Å². The minimum Gasteiger partial charge on any atom is -0.365 e. The zero-order valence-electron chi connectivity index (χ0n) is 7.62. The van der Waals surface area contributed by atoms with E-state index in [1.807, 2.05) is 13.8 Å². The van der Waals surface area contributed by atoms with Crippen molar-refractivity contribution in [1.82, 2.24) is 0 Å². The average Bonchev–Trinajstić information content (AvgIpc) is 2.04. The number of aliphatic hydroxyl groups excluding tert-OH is 1. The quantitative estimate of drug-likeness (QED) is 0.496. The molecule has 12 heavy (non-hydrogen) atoms. The first-order valence-electron chi connectivity index (χ1n) is 3.98. The van der Waals surface area contributed by atoms with Crippen molar-refractivity contribution in [1.29, 1.82) is 0 Å². The van der Waals surface area contributed by atoms with E-state index in [1.165, 1.54) is 11.6 Å². The number of rotatable bonds is 4. The zero-order valence-corrected chi connectivity index (χ0v) is 7.62. The van der Waals surface area contributed by atoms with Gasteiger partial charge in [0.05, 0.1) is 0 Å². The summed E-state index contributed by atoms with van der Waals surface area (Å²) in [4.78, 5) is 0. The van der Waals surface area contributed by atoms with Gasteiger partial charge in [-0.2, -0.15) is 0 Å². The molecule has 2 heteroatoms. The van der Waals surface area contributed by atoms with Gasteiger partial charge in [0.1, 0.15) is 0 Å². The van der Waals surface area contributed by atoms with Crippen molar-refractivity contribution in [3.8, 4) is 0 Å². The summed E-state index contributed by atoms with van der Waals surface area (Å²) in [6.45, 7) is 7.67. The van der Waals surface area contributed by atoms with E-state index < -0.39 is 6.29 Å². The smallest absolute Gasteiger partial charge is 0.171 e. The molecule has 0 heterocycles. The van der Waals surface area contributed by atoms with Gasteiger partial charge in [0.2, 0.25) is 0 Å². The first kappa shape index (κ1) is 11.1. The van der Waals surface area contributed by atoms with Gasteiger partial charge in [-0.15, -0.1) is 0 Å². The van der Waals surface area contributed by atoms with Crippen LogP contribution in [0.2, 0.25) is 0 Å². The Morgan fingerprint density at radius 2 is 2.08 bits per heavy atom. The van der Waals surface area contributed by atoms with Gasteiger partial charge in [0.25, 0.3) is 0 Å². The number of aliphatic hydroxyl groups is 2. The lowest BCUT2D eigenvalue weighted by atomic mass is 10.1. The number of hydrogen-bond acceptors (Lipinski definition) is 2. The number of allylic oxidation sites excluding steroid dienone is 4. The van der Waals surface area contributed by atoms with Crippen LogP contribution in [0.5, 0.6) is 0 Å². The predicted octanol–water partition coefficient (Wildman–Crippen LogP) is 1.77. The van der Waals surface area contributed by atoms with Gasteiger partial charge >= 0.3 is 0 Å². The largest absolute Gasteiger partial charge is 0.365 e. The van der Waals surface area contributed by atoms with Crippen LogP contribution >= 0.6 is 0 Å². The first-order chi connectivity index (χ1) is 5.61. The van der Waals surface area contributed by atoms with Gasteiger partial charge in [-0.3, -0.25) is 0 Å². The van der Waals surface area contributed by atoms with Crippen molar-refractivity contribution >= 4 is 0 Å². The van der Waals surface area contributed by atoms with Gasteiger partial charge in [-0.1, -0.05) is 31.2 Å². The Hall–Kier alpha value is -0.860. The lowest BCUT2D eigenvalue weighted by molar-refractivity contribution is 0.00235. The molecule has 0 fully saturated rings. The Morgan fingerprint density at radius 3 is 2.42 bits per heavy atom. The second-order valence-corrected chi connectivity index (χ2v) is 2.57. The second-order valence-electron chi connectivity index (χ2n) is 2.57. The molecule has 0 rings (SSSR count). The van der Waals surface area contributed by atoms with E-state index >= 15 is 0 Å². The van der Waals surface area contributed by atoms with E-state index in [0.29, 0.717) is 0 Å². The Bertz CT molecular complexity index is 200. The van der Waals surface area contributed by atoms with Crippen LogP contribution in [0.1, 0.15) is 20.3 Å². The van der Waals surface area contributed by atoms with Crippen LogP contribution in [0.4, 0.5) is 0 Å². The van der Waals surface area contributed by atoms with Crippen molar-refractivity contribution < 1.29 is 10.2 Å². The van der Waals surface area contributed by atoms with Gasteiger partial charge < -0.3 is 10.2 Å². The van der Waals surface area contributed by atoms with Crippen LogP contribution in [-0.4, -0.2) is 16.5 Å². The summed E-state index contributed by atoms with van der Waals surface area (Å²) in [5, 5.41) is 17.1.